The predicted molar refractivity (Wildman–Crippen MR) is 91.9 cm³/mol. The van der Waals surface area contributed by atoms with E-state index in [1.807, 2.05) is 0 Å². The highest BCUT2D eigenvalue weighted by Crippen LogP contribution is 2.11. The van der Waals surface area contributed by atoms with Crippen molar-refractivity contribution in [3.05, 3.63) is 40.3 Å². The lowest BCUT2D eigenvalue weighted by Crippen LogP contribution is -2.41. The van der Waals surface area contributed by atoms with Gasteiger partial charge >= 0.3 is 0 Å². The summed E-state index contributed by atoms with van der Waals surface area (Å²) in [6.07, 6.45) is 1.55. The molecule has 0 bridgehead atoms. The van der Waals surface area contributed by atoms with Gasteiger partial charge in [-0.2, -0.15) is 0 Å². The van der Waals surface area contributed by atoms with Crippen molar-refractivity contribution in [2.24, 2.45) is 0 Å². The number of rotatable bonds is 6. The van der Waals surface area contributed by atoms with Gasteiger partial charge in [0.05, 0.1) is 13.2 Å². The molecule has 1 aliphatic heterocycles. The topological polar surface area (TPSA) is 58.6 Å². The standard InChI is InChI=1S/C14H19ClN2O3S.ClH/c15-14-3-1-13(2-4-14)5-12-21(18,19)16-6-7-17-8-10-20-11-9-17;/h1-5,12,16H,6-11H2;1H/b12-5+;. The average Bonchev–Trinajstić information content (AvgIpc) is 2.48. The van der Waals surface area contributed by atoms with Crippen molar-refractivity contribution in [1.82, 2.24) is 9.62 Å². The van der Waals surface area contributed by atoms with Crippen LogP contribution in [0, 0.1) is 0 Å². The van der Waals surface area contributed by atoms with E-state index in [0.29, 0.717) is 31.3 Å². The number of halogens is 2. The van der Waals surface area contributed by atoms with E-state index in [2.05, 4.69) is 9.62 Å². The Kier molecular flexibility index (Phi) is 8.38. The lowest BCUT2D eigenvalue weighted by atomic mass is 10.2. The molecule has 22 heavy (non-hydrogen) atoms. The van der Waals surface area contributed by atoms with Gasteiger partial charge in [-0.3, -0.25) is 4.90 Å². The molecule has 0 spiro atoms. The highest BCUT2D eigenvalue weighted by molar-refractivity contribution is 7.92. The summed E-state index contributed by atoms with van der Waals surface area (Å²) < 4.78 is 31.5. The van der Waals surface area contributed by atoms with Crippen molar-refractivity contribution >= 4 is 40.1 Å². The summed E-state index contributed by atoms with van der Waals surface area (Å²) in [6, 6.07) is 6.98. The van der Waals surface area contributed by atoms with Crippen LogP contribution in [0.2, 0.25) is 5.02 Å². The maximum atomic E-state index is 11.8. The molecule has 0 aromatic heterocycles. The van der Waals surface area contributed by atoms with Gasteiger partial charge in [-0.05, 0) is 23.8 Å². The smallest absolute Gasteiger partial charge is 0.233 e. The predicted octanol–water partition coefficient (Wildman–Crippen LogP) is 1.98. The third kappa shape index (κ3) is 7.09. The van der Waals surface area contributed by atoms with Crippen LogP contribution in [0.4, 0.5) is 0 Å². The minimum atomic E-state index is -3.41. The van der Waals surface area contributed by atoms with Gasteiger partial charge in [0.1, 0.15) is 0 Å². The number of ether oxygens (including phenoxy) is 1. The van der Waals surface area contributed by atoms with Crippen LogP contribution in [0.5, 0.6) is 0 Å². The number of nitrogens with zero attached hydrogens (tertiary/aromatic N) is 1. The molecular weight excluding hydrogens is 347 g/mol. The van der Waals surface area contributed by atoms with Crippen molar-refractivity contribution in [2.75, 3.05) is 39.4 Å². The number of benzene rings is 1. The maximum absolute atomic E-state index is 11.8. The van der Waals surface area contributed by atoms with Crippen molar-refractivity contribution in [1.29, 1.82) is 0 Å². The summed E-state index contributed by atoms with van der Waals surface area (Å²) in [6.45, 7) is 4.21. The zero-order chi connectivity index (χ0) is 15.1. The van der Waals surface area contributed by atoms with Crippen LogP contribution in [0.1, 0.15) is 5.56 Å². The van der Waals surface area contributed by atoms with Gasteiger partial charge in [0.2, 0.25) is 10.0 Å². The Morgan fingerprint density at radius 2 is 1.86 bits per heavy atom. The van der Waals surface area contributed by atoms with Crippen LogP contribution in [-0.2, 0) is 14.8 Å². The SMILES string of the molecule is Cl.O=S(=O)(/C=C/c1ccc(Cl)cc1)NCCN1CCOCC1. The van der Waals surface area contributed by atoms with Gasteiger partial charge in [-0.15, -0.1) is 12.4 Å². The average molecular weight is 367 g/mol. The van der Waals surface area contributed by atoms with E-state index >= 15 is 0 Å². The third-order valence-electron chi connectivity index (χ3n) is 3.14. The molecule has 2 rings (SSSR count). The van der Waals surface area contributed by atoms with E-state index < -0.39 is 10.0 Å². The van der Waals surface area contributed by atoms with Crippen LogP contribution in [-0.4, -0.2) is 52.7 Å². The van der Waals surface area contributed by atoms with E-state index in [1.165, 1.54) is 5.41 Å². The van der Waals surface area contributed by atoms with Crippen LogP contribution < -0.4 is 4.72 Å². The van der Waals surface area contributed by atoms with E-state index in [1.54, 1.807) is 30.3 Å². The van der Waals surface area contributed by atoms with Crippen molar-refractivity contribution in [3.63, 3.8) is 0 Å². The quantitative estimate of drug-likeness (QED) is 0.836. The minimum absolute atomic E-state index is 0. The van der Waals surface area contributed by atoms with E-state index in [-0.39, 0.29) is 12.4 Å². The Hall–Kier alpha value is -0.630. The first-order valence-corrected chi connectivity index (χ1v) is 8.71. The lowest BCUT2D eigenvalue weighted by Gasteiger charge is -2.26. The zero-order valence-corrected chi connectivity index (χ0v) is 14.5. The van der Waals surface area contributed by atoms with Crippen LogP contribution >= 0.6 is 24.0 Å². The van der Waals surface area contributed by atoms with E-state index in [9.17, 15) is 8.42 Å². The van der Waals surface area contributed by atoms with Crippen LogP contribution in [0.25, 0.3) is 6.08 Å². The summed E-state index contributed by atoms with van der Waals surface area (Å²) in [7, 11) is -3.41. The fourth-order valence-electron chi connectivity index (χ4n) is 1.96. The van der Waals surface area contributed by atoms with Gasteiger partial charge in [-0.25, -0.2) is 13.1 Å². The Morgan fingerprint density at radius 1 is 1.23 bits per heavy atom. The molecule has 1 N–H and O–H groups in total. The Bertz CT molecular complexity index is 570. The lowest BCUT2D eigenvalue weighted by molar-refractivity contribution is 0.0390. The summed E-state index contributed by atoms with van der Waals surface area (Å²) >= 11 is 5.78. The first kappa shape index (κ1) is 19.4. The molecule has 8 heteroatoms. The highest BCUT2D eigenvalue weighted by atomic mass is 35.5. The summed E-state index contributed by atoms with van der Waals surface area (Å²) in [5.41, 5.74) is 0.790. The monoisotopic (exact) mass is 366 g/mol. The summed E-state index contributed by atoms with van der Waals surface area (Å²) in [4.78, 5) is 2.18. The van der Waals surface area contributed by atoms with E-state index in [4.69, 9.17) is 16.3 Å². The van der Waals surface area contributed by atoms with Crippen molar-refractivity contribution in [2.45, 2.75) is 0 Å². The number of hydrogen-bond donors (Lipinski definition) is 1. The van der Waals surface area contributed by atoms with Gasteiger partial charge in [0, 0.05) is 36.6 Å². The third-order valence-corrected chi connectivity index (χ3v) is 4.50. The maximum Gasteiger partial charge on any atom is 0.233 e. The van der Waals surface area contributed by atoms with Gasteiger partial charge in [0.25, 0.3) is 0 Å². The van der Waals surface area contributed by atoms with Crippen LogP contribution in [0.3, 0.4) is 0 Å². The Morgan fingerprint density at radius 3 is 2.50 bits per heavy atom. The van der Waals surface area contributed by atoms with E-state index in [0.717, 1.165) is 18.7 Å². The number of nitrogens with one attached hydrogen (secondary N) is 1. The first-order chi connectivity index (χ1) is 10.1. The summed E-state index contributed by atoms with van der Waals surface area (Å²) in [5.74, 6) is 0. The number of hydrogen-bond acceptors (Lipinski definition) is 4. The molecule has 124 valence electrons. The minimum Gasteiger partial charge on any atom is -0.379 e. The molecule has 1 aromatic rings. The largest absolute Gasteiger partial charge is 0.379 e. The Labute approximate surface area is 142 Å². The first-order valence-electron chi connectivity index (χ1n) is 6.79. The van der Waals surface area contributed by atoms with Gasteiger partial charge in [0.15, 0.2) is 0 Å². The number of sulfonamides is 1. The molecule has 1 aliphatic rings. The molecule has 0 aliphatic carbocycles. The molecule has 1 heterocycles. The zero-order valence-electron chi connectivity index (χ0n) is 12.1. The second-order valence-corrected chi connectivity index (χ2v) is 6.83. The molecule has 0 atom stereocenters. The molecule has 0 radical (unpaired) electrons. The molecule has 0 amide bonds. The molecule has 1 aromatic carbocycles. The highest BCUT2D eigenvalue weighted by Gasteiger charge is 2.11. The fourth-order valence-corrected chi connectivity index (χ4v) is 2.90. The van der Waals surface area contributed by atoms with Gasteiger partial charge in [-0.1, -0.05) is 23.7 Å². The molecule has 0 saturated carbocycles. The van der Waals surface area contributed by atoms with Gasteiger partial charge < -0.3 is 4.74 Å². The Balaban J connectivity index is 0.00000242. The molecule has 5 nitrogen and oxygen atoms in total. The van der Waals surface area contributed by atoms with Crippen molar-refractivity contribution < 1.29 is 13.2 Å². The molecule has 1 saturated heterocycles. The second-order valence-electron chi connectivity index (χ2n) is 4.75. The molecule has 0 unspecified atom stereocenters. The van der Waals surface area contributed by atoms with Crippen molar-refractivity contribution in [3.8, 4) is 0 Å². The second kappa shape index (κ2) is 9.50. The van der Waals surface area contributed by atoms with Crippen LogP contribution in [0.15, 0.2) is 29.7 Å². The normalized spacial score (nSPS) is 16.6. The summed E-state index contributed by atoms with van der Waals surface area (Å²) in [5, 5.41) is 1.80. The molecule has 1 fully saturated rings. The fraction of sp³-hybridized carbons (Fsp3) is 0.429. The number of morpholine rings is 1. The molecular formula is C14H20Cl2N2O3S.